The highest BCUT2D eigenvalue weighted by Crippen LogP contribution is 2.69. The van der Waals surface area contributed by atoms with Crippen molar-refractivity contribution in [2.75, 3.05) is 0 Å². The molecule has 0 heterocycles. The molecule has 4 nitrogen and oxygen atoms in total. The Morgan fingerprint density at radius 2 is 1.45 bits per heavy atom. The molecule has 4 heteroatoms. The number of hydrogen-bond donors (Lipinski definition) is 0. The van der Waals surface area contributed by atoms with E-state index in [0.717, 1.165) is 32.1 Å². The molecule has 0 spiro atoms. The van der Waals surface area contributed by atoms with Gasteiger partial charge in [0.2, 0.25) is 0 Å². The van der Waals surface area contributed by atoms with Gasteiger partial charge in [0.25, 0.3) is 0 Å². The highest BCUT2D eigenvalue weighted by Gasteiger charge is 2.65. The Morgan fingerprint density at radius 1 is 0.818 bits per heavy atom. The van der Waals surface area contributed by atoms with Gasteiger partial charge in [-0.05, 0) is 115 Å². The van der Waals surface area contributed by atoms with Crippen LogP contribution >= 0.6 is 0 Å². The minimum atomic E-state index is -0.156. The molecule has 4 saturated carbocycles. The van der Waals surface area contributed by atoms with E-state index in [-0.39, 0.29) is 35.0 Å². The lowest BCUT2D eigenvalue weighted by molar-refractivity contribution is -0.197. The molecule has 6 rings (SSSR count). The van der Waals surface area contributed by atoms with E-state index < -0.39 is 0 Å². The van der Waals surface area contributed by atoms with Gasteiger partial charge in [-0.2, -0.15) is 0 Å². The third-order valence-corrected chi connectivity index (χ3v) is 13.0. The zero-order chi connectivity index (χ0) is 31.1. The van der Waals surface area contributed by atoms with Crippen LogP contribution in [0.1, 0.15) is 104 Å². The first-order valence-corrected chi connectivity index (χ1v) is 17.3. The molecule has 0 bridgehead atoms. The summed E-state index contributed by atoms with van der Waals surface area (Å²) in [5.74, 6) is 3.07. The van der Waals surface area contributed by atoms with Gasteiger partial charge in [0.1, 0.15) is 12.2 Å². The molecule has 4 aliphatic carbocycles. The number of benzene rings is 2. The topological polar surface area (TPSA) is 52.6 Å². The first-order chi connectivity index (χ1) is 21.1. The van der Waals surface area contributed by atoms with Crippen LogP contribution in [0.25, 0.3) is 5.57 Å². The Hall–Kier alpha value is -2.88. The first kappa shape index (κ1) is 31.1. The molecule has 0 aromatic heterocycles. The fourth-order valence-electron chi connectivity index (χ4n) is 10.9. The number of ether oxygens (including phenoxy) is 2. The number of esters is 2. The average molecular weight is 597 g/mol. The van der Waals surface area contributed by atoms with Gasteiger partial charge in [-0.3, -0.25) is 9.59 Å². The van der Waals surface area contributed by atoms with Crippen molar-refractivity contribution >= 4 is 17.5 Å². The Labute approximate surface area is 265 Å². The summed E-state index contributed by atoms with van der Waals surface area (Å²) in [5.41, 5.74) is 4.01. The summed E-state index contributed by atoms with van der Waals surface area (Å²) in [5, 5.41) is 0. The smallest absolute Gasteiger partial charge is 0.302 e. The second kappa shape index (κ2) is 12.5. The number of carbonyl (C=O) groups is 2. The van der Waals surface area contributed by atoms with Crippen molar-refractivity contribution in [1.82, 2.24) is 0 Å². The van der Waals surface area contributed by atoms with Crippen LogP contribution in [-0.4, -0.2) is 24.1 Å². The van der Waals surface area contributed by atoms with Gasteiger partial charge in [0.05, 0.1) is 0 Å². The van der Waals surface area contributed by atoms with Gasteiger partial charge in [0, 0.05) is 19.3 Å². The molecule has 44 heavy (non-hydrogen) atoms. The maximum atomic E-state index is 12.6. The number of fused-ring (bicyclic) bond motifs is 5. The van der Waals surface area contributed by atoms with Crippen LogP contribution in [0.3, 0.4) is 0 Å². The van der Waals surface area contributed by atoms with E-state index in [1.807, 2.05) is 0 Å². The molecule has 10 atom stereocenters. The lowest BCUT2D eigenvalue weighted by atomic mass is 9.43. The van der Waals surface area contributed by atoms with E-state index in [2.05, 4.69) is 87.5 Å². The highest BCUT2D eigenvalue weighted by molar-refractivity contribution is 5.79. The highest BCUT2D eigenvalue weighted by atomic mass is 16.5. The number of allylic oxidation sites excluding steroid dienone is 1. The maximum Gasteiger partial charge on any atom is 0.302 e. The summed E-state index contributed by atoms with van der Waals surface area (Å²) in [6, 6.07) is 21.5. The quantitative estimate of drug-likeness (QED) is 0.299. The van der Waals surface area contributed by atoms with Crippen molar-refractivity contribution in [3.63, 3.8) is 0 Å². The normalized spacial score (nSPS) is 36.6. The Balaban J connectivity index is 1.26. The summed E-state index contributed by atoms with van der Waals surface area (Å²) in [7, 11) is 0. The fourth-order valence-corrected chi connectivity index (χ4v) is 10.9. The largest absolute Gasteiger partial charge is 0.463 e. The monoisotopic (exact) mass is 596 g/mol. The van der Waals surface area contributed by atoms with Crippen LogP contribution in [0.2, 0.25) is 0 Å². The molecule has 0 aliphatic heterocycles. The van der Waals surface area contributed by atoms with Gasteiger partial charge < -0.3 is 9.47 Å². The Kier molecular flexibility index (Phi) is 8.83. The van der Waals surface area contributed by atoms with Crippen LogP contribution in [0.4, 0.5) is 0 Å². The summed E-state index contributed by atoms with van der Waals surface area (Å²) < 4.78 is 12.1. The van der Waals surface area contributed by atoms with Gasteiger partial charge in [-0.15, -0.1) is 0 Å². The third-order valence-electron chi connectivity index (χ3n) is 13.0. The van der Waals surface area contributed by atoms with Crippen molar-refractivity contribution < 1.29 is 19.1 Å². The summed E-state index contributed by atoms with van der Waals surface area (Å²) in [6.07, 6.45) is 12.4. The summed E-state index contributed by atoms with van der Waals surface area (Å²) in [4.78, 5) is 24.4. The molecular formula is C40H52O4. The third kappa shape index (κ3) is 5.67. The van der Waals surface area contributed by atoms with Crippen molar-refractivity contribution in [1.29, 1.82) is 0 Å². The predicted molar refractivity (Wildman–Crippen MR) is 175 cm³/mol. The Bertz CT molecular complexity index is 1310. The Morgan fingerprint density at radius 3 is 2.07 bits per heavy atom. The van der Waals surface area contributed by atoms with Gasteiger partial charge in [-0.25, -0.2) is 0 Å². The molecular weight excluding hydrogens is 544 g/mol. The standard InChI is InChI=1S/C40H52O4/c1-26(16-18-33(29-12-8-6-9-13-29)30-14-10-7-11-15-30)35-20-21-36-34-19-17-31-24-32(43-27(2)41)22-23-39(31,4)37(34)25-38(40(35,36)5)44-28(3)42/h6-15,18,26,31-32,34-38H,16-17,19-25H2,1-5H3/t26?,31?,32?,34?,35?,36?,37?,38-,39?,40?/m0/s1. The number of hydrogen-bond acceptors (Lipinski definition) is 4. The van der Waals surface area contributed by atoms with E-state index in [1.165, 1.54) is 49.3 Å². The van der Waals surface area contributed by atoms with E-state index in [9.17, 15) is 9.59 Å². The van der Waals surface area contributed by atoms with E-state index in [4.69, 9.17) is 9.47 Å². The van der Waals surface area contributed by atoms with E-state index >= 15 is 0 Å². The molecule has 0 saturated heterocycles. The van der Waals surface area contributed by atoms with E-state index in [0.29, 0.717) is 35.5 Å². The second-order valence-corrected chi connectivity index (χ2v) is 15.1. The second-order valence-electron chi connectivity index (χ2n) is 15.1. The zero-order valence-electron chi connectivity index (χ0n) is 27.5. The molecule has 236 valence electrons. The molecule has 2 aromatic rings. The minimum Gasteiger partial charge on any atom is -0.463 e. The molecule has 0 N–H and O–H groups in total. The zero-order valence-corrected chi connectivity index (χ0v) is 27.5. The maximum absolute atomic E-state index is 12.6. The molecule has 4 fully saturated rings. The predicted octanol–water partition coefficient (Wildman–Crippen LogP) is 9.28. The fraction of sp³-hybridized carbons (Fsp3) is 0.600. The summed E-state index contributed by atoms with van der Waals surface area (Å²) in [6.45, 7) is 10.6. The van der Waals surface area contributed by atoms with E-state index in [1.54, 1.807) is 6.92 Å². The lowest BCUT2D eigenvalue weighted by Gasteiger charge is -2.62. The SMILES string of the molecule is CC(=O)OC1CCC2(C)C(CCC3C2C[C@H](OC(C)=O)C2(C)C(C(C)CC=C(c4ccccc4)c4ccccc4)CCC32)C1. The van der Waals surface area contributed by atoms with Crippen LogP contribution in [0.15, 0.2) is 66.7 Å². The molecule has 2 aromatic carbocycles. The summed E-state index contributed by atoms with van der Waals surface area (Å²) >= 11 is 0. The van der Waals surface area contributed by atoms with Crippen LogP contribution < -0.4 is 0 Å². The van der Waals surface area contributed by atoms with Crippen molar-refractivity contribution in [3.05, 3.63) is 77.9 Å². The van der Waals surface area contributed by atoms with Gasteiger partial charge in [-0.1, -0.05) is 87.5 Å². The van der Waals surface area contributed by atoms with Crippen molar-refractivity contribution in [2.24, 2.45) is 46.3 Å². The van der Waals surface area contributed by atoms with Gasteiger partial charge in [0.15, 0.2) is 0 Å². The van der Waals surface area contributed by atoms with Gasteiger partial charge >= 0.3 is 11.9 Å². The molecule has 0 radical (unpaired) electrons. The molecule has 9 unspecified atom stereocenters. The van der Waals surface area contributed by atoms with Crippen LogP contribution in [0, 0.1) is 46.3 Å². The van der Waals surface area contributed by atoms with Crippen molar-refractivity contribution in [3.8, 4) is 0 Å². The first-order valence-electron chi connectivity index (χ1n) is 17.3. The van der Waals surface area contributed by atoms with Crippen LogP contribution in [0.5, 0.6) is 0 Å². The number of carbonyl (C=O) groups excluding carboxylic acids is 2. The average Bonchev–Trinajstić information content (AvgIpc) is 3.37. The molecule has 0 amide bonds. The number of rotatable bonds is 7. The molecule has 4 aliphatic rings. The lowest BCUT2D eigenvalue weighted by Crippen LogP contribution is -2.59. The van der Waals surface area contributed by atoms with Crippen molar-refractivity contribution in [2.45, 2.75) is 105 Å². The van der Waals surface area contributed by atoms with Crippen LogP contribution in [-0.2, 0) is 19.1 Å². The minimum absolute atomic E-state index is 0.0160.